The van der Waals surface area contributed by atoms with Gasteiger partial charge in [0.15, 0.2) is 0 Å². The third-order valence-corrected chi connectivity index (χ3v) is 2.67. The number of hydrogen-bond acceptors (Lipinski definition) is 5. The van der Waals surface area contributed by atoms with E-state index in [1.54, 1.807) is 12.3 Å². The van der Waals surface area contributed by atoms with Crippen LogP contribution in [-0.4, -0.2) is 33.8 Å². The predicted molar refractivity (Wildman–Crippen MR) is 54.2 cm³/mol. The van der Waals surface area contributed by atoms with Crippen LogP contribution >= 0.6 is 0 Å². The van der Waals surface area contributed by atoms with Crippen molar-refractivity contribution in [3.63, 3.8) is 0 Å². The zero-order valence-corrected chi connectivity index (χ0v) is 8.51. The maximum absolute atomic E-state index is 9.81. The highest BCUT2D eigenvalue weighted by Gasteiger charge is 2.40. The van der Waals surface area contributed by atoms with Crippen molar-refractivity contribution in [2.24, 2.45) is 0 Å². The molecule has 78 valence electrons. The molecule has 0 bridgehead atoms. The largest absolute Gasteiger partial charge is 0.386 e. The van der Waals surface area contributed by atoms with E-state index in [9.17, 15) is 5.11 Å². The van der Waals surface area contributed by atoms with Crippen LogP contribution in [0.15, 0.2) is 12.3 Å². The lowest BCUT2D eigenvalue weighted by atomic mass is 9.92. The molecule has 1 aromatic heterocycles. The number of hydrogen-bond donors (Lipinski definition) is 1. The SMILES string of the molecule is CCC1(O)CN(c2nccc(C#N)n2)C1. The van der Waals surface area contributed by atoms with E-state index < -0.39 is 5.60 Å². The van der Waals surface area contributed by atoms with Gasteiger partial charge in [-0.3, -0.25) is 0 Å². The first-order chi connectivity index (χ1) is 7.17. The van der Waals surface area contributed by atoms with E-state index in [4.69, 9.17) is 5.26 Å². The highest BCUT2D eigenvalue weighted by atomic mass is 16.3. The van der Waals surface area contributed by atoms with E-state index in [0.29, 0.717) is 24.7 Å². The van der Waals surface area contributed by atoms with Gasteiger partial charge in [-0.25, -0.2) is 9.97 Å². The van der Waals surface area contributed by atoms with Gasteiger partial charge in [0.2, 0.25) is 5.95 Å². The van der Waals surface area contributed by atoms with E-state index >= 15 is 0 Å². The Labute approximate surface area is 88.0 Å². The number of nitriles is 1. The number of nitrogens with zero attached hydrogens (tertiary/aromatic N) is 4. The van der Waals surface area contributed by atoms with Crippen molar-refractivity contribution in [3.8, 4) is 6.07 Å². The average Bonchev–Trinajstić information content (AvgIpc) is 2.25. The topological polar surface area (TPSA) is 73.0 Å². The first kappa shape index (κ1) is 9.87. The molecule has 1 aliphatic heterocycles. The lowest BCUT2D eigenvalue weighted by molar-refractivity contribution is 0.00755. The fraction of sp³-hybridized carbons (Fsp3) is 0.500. The molecule has 0 saturated carbocycles. The normalized spacial score (nSPS) is 18.1. The summed E-state index contributed by atoms with van der Waals surface area (Å²) in [6.07, 6.45) is 2.28. The van der Waals surface area contributed by atoms with Crippen LogP contribution in [-0.2, 0) is 0 Å². The van der Waals surface area contributed by atoms with Crippen molar-refractivity contribution in [1.29, 1.82) is 5.26 Å². The van der Waals surface area contributed by atoms with Crippen LogP contribution < -0.4 is 4.90 Å². The Morgan fingerprint density at radius 1 is 1.67 bits per heavy atom. The van der Waals surface area contributed by atoms with Crippen LogP contribution in [0, 0.1) is 11.3 Å². The molecule has 1 fully saturated rings. The maximum atomic E-state index is 9.81. The van der Waals surface area contributed by atoms with Crippen LogP contribution in [0.25, 0.3) is 0 Å². The van der Waals surface area contributed by atoms with E-state index in [1.807, 2.05) is 17.9 Å². The number of β-amino-alcohol motifs (C(OH)–C–C–N with tert-alkyl or cyclic N) is 1. The summed E-state index contributed by atoms with van der Waals surface area (Å²) in [7, 11) is 0. The van der Waals surface area contributed by atoms with Gasteiger partial charge in [0.05, 0.1) is 18.7 Å². The van der Waals surface area contributed by atoms with Crippen LogP contribution in [0.1, 0.15) is 19.0 Å². The standard InChI is InChI=1S/C10H12N4O/c1-2-10(15)6-14(7-10)9-12-4-3-8(5-11)13-9/h3-4,15H,2,6-7H2,1H3. The van der Waals surface area contributed by atoms with Gasteiger partial charge < -0.3 is 10.0 Å². The molecule has 15 heavy (non-hydrogen) atoms. The maximum Gasteiger partial charge on any atom is 0.226 e. The molecule has 5 heteroatoms. The zero-order chi connectivity index (χ0) is 10.9. The molecule has 0 aromatic carbocycles. The molecule has 0 spiro atoms. The molecule has 1 N–H and O–H groups in total. The van der Waals surface area contributed by atoms with E-state index in [0.717, 1.165) is 6.42 Å². The van der Waals surface area contributed by atoms with Gasteiger partial charge in [-0.15, -0.1) is 0 Å². The van der Waals surface area contributed by atoms with Gasteiger partial charge in [0.25, 0.3) is 0 Å². The van der Waals surface area contributed by atoms with Crippen molar-refractivity contribution in [2.45, 2.75) is 18.9 Å². The summed E-state index contributed by atoms with van der Waals surface area (Å²) >= 11 is 0. The number of rotatable bonds is 2. The van der Waals surface area contributed by atoms with E-state index in [-0.39, 0.29) is 0 Å². The van der Waals surface area contributed by atoms with E-state index in [1.165, 1.54) is 0 Å². The minimum atomic E-state index is -0.605. The molecular formula is C10H12N4O. The number of aromatic nitrogens is 2. The third-order valence-electron chi connectivity index (χ3n) is 2.67. The molecule has 1 saturated heterocycles. The summed E-state index contributed by atoms with van der Waals surface area (Å²) in [5, 5.41) is 18.5. The van der Waals surface area contributed by atoms with Gasteiger partial charge in [0, 0.05) is 6.20 Å². The predicted octanol–water partition coefficient (Wildman–Crippen LogP) is 0.309. The molecule has 0 unspecified atom stereocenters. The highest BCUT2D eigenvalue weighted by Crippen LogP contribution is 2.27. The Kier molecular flexibility index (Phi) is 2.29. The molecule has 1 aromatic rings. The molecule has 5 nitrogen and oxygen atoms in total. The molecule has 0 atom stereocenters. The van der Waals surface area contributed by atoms with Gasteiger partial charge in [-0.05, 0) is 12.5 Å². The lowest BCUT2D eigenvalue weighted by Gasteiger charge is -2.45. The van der Waals surface area contributed by atoms with Crippen LogP contribution in [0.3, 0.4) is 0 Å². The molecular weight excluding hydrogens is 192 g/mol. The minimum Gasteiger partial charge on any atom is -0.386 e. The van der Waals surface area contributed by atoms with Crippen molar-refractivity contribution >= 4 is 5.95 Å². The number of aliphatic hydroxyl groups is 1. The third kappa shape index (κ3) is 1.76. The fourth-order valence-corrected chi connectivity index (χ4v) is 1.59. The van der Waals surface area contributed by atoms with Crippen molar-refractivity contribution in [3.05, 3.63) is 18.0 Å². The molecule has 0 amide bonds. The quantitative estimate of drug-likeness (QED) is 0.750. The Bertz CT molecular complexity index is 406. The monoisotopic (exact) mass is 204 g/mol. The van der Waals surface area contributed by atoms with Crippen LogP contribution in [0.5, 0.6) is 0 Å². The van der Waals surface area contributed by atoms with Gasteiger partial charge in [0.1, 0.15) is 11.8 Å². The van der Waals surface area contributed by atoms with Crippen LogP contribution in [0.2, 0.25) is 0 Å². The van der Waals surface area contributed by atoms with E-state index in [2.05, 4.69) is 9.97 Å². The molecule has 1 aliphatic rings. The minimum absolute atomic E-state index is 0.354. The first-order valence-electron chi connectivity index (χ1n) is 4.87. The Hall–Kier alpha value is -1.67. The second kappa shape index (κ2) is 3.48. The summed E-state index contributed by atoms with van der Waals surface area (Å²) in [5.41, 5.74) is -0.252. The van der Waals surface area contributed by atoms with Gasteiger partial charge in [-0.1, -0.05) is 6.92 Å². The summed E-state index contributed by atoms with van der Waals surface area (Å²) in [6, 6.07) is 3.53. The highest BCUT2D eigenvalue weighted by molar-refractivity contribution is 5.39. The Balaban J connectivity index is 2.10. The Morgan fingerprint density at radius 2 is 2.40 bits per heavy atom. The first-order valence-corrected chi connectivity index (χ1v) is 4.87. The smallest absolute Gasteiger partial charge is 0.226 e. The summed E-state index contributed by atoms with van der Waals surface area (Å²) in [6.45, 7) is 3.03. The average molecular weight is 204 g/mol. The van der Waals surface area contributed by atoms with Gasteiger partial charge >= 0.3 is 0 Å². The molecule has 0 aliphatic carbocycles. The fourth-order valence-electron chi connectivity index (χ4n) is 1.59. The molecule has 2 rings (SSSR count). The lowest BCUT2D eigenvalue weighted by Crippen LogP contribution is -2.62. The van der Waals surface area contributed by atoms with Crippen molar-refractivity contribution in [2.75, 3.05) is 18.0 Å². The molecule has 2 heterocycles. The number of anilines is 1. The van der Waals surface area contributed by atoms with Crippen molar-refractivity contribution < 1.29 is 5.11 Å². The summed E-state index contributed by atoms with van der Waals surface area (Å²) in [5.74, 6) is 0.521. The van der Waals surface area contributed by atoms with Crippen molar-refractivity contribution in [1.82, 2.24) is 9.97 Å². The zero-order valence-electron chi connectivity index (χ0n) is 8.51. The Morgan fingerprint density at radius 3 is 3.00 bits per heavy atom. The molecule has 0 radical (unpaired) electrons. The second-order valence-corrected chi connectivity index (χ2v) is 3.79. The second-order valence-electron chi connectivity index (χ2n) is 3.79. The summed E-state index contributed by atoms with van der Waals surface area (Å²) in [4.78, 5) is 9.98. The van der Waals surface area contributed by atoms with Crippen LogP contribution in [0.4, 0.5) is 5.95 Å². The van der Waals surface area contributed by atoms with Gasteiger partial charge in [-0.2, -0.15) is 5.26 Å². The summed E-state index contributed by atoms with van der Waals surface area (Å²) < 4.78 is 0.